The number of ketones is 1. The monoisotopic (exact) mass is 438 g/mol. The second-order valence-corrected chi connectivity index (χ2v) is 6.57. The minimum absolute atomic E-state index is 0.0230. The first-order valence-corrected chi connectivity index (χ1v) is 8.98. The van der Waals surface area contributed by atoms with Crippen molar-refractivity contribution < 1.29 is 19.4 Å². The van der Waals surface area contributed by atoms with Gasteiger partial charge in [0.1, 0.15) is 17.2 Å². The number of phenolic OH excluding ortho intramolecular Hbond substituents is 1. The summed E-state index contributed by atoms with van der Waals surface area (Å²) in [4.78, 5) is 24.9. The number of hydrogen-bond acceptors (Lipinski definition) is 6. The maximum absolute atomic E-state index is 12.6. The third-order valence-electron chi connectivity index (χ3n) is 3.92. The zero-order valence-corrected chi connectivity index (χ0v) is 16.1. The molecule has 0 radical (unpaired) electrons. The second kappa shape index (κ2) is 8.49. The van der Waals surface area contributed by atoms with E-state index in [0.29, 0.717) is 21.3 Å². The Morgan fingerprint density at radius 3 is 2.11 bits per heavy atom. The largest absolute Gasteiger partial charge is 0.507 e. The van der Waals surface area contributed by atoms with Gasteiger partial charge in [0, 0.05) is 10.0 Å². The van der Waals surface area contributed by atoms with Gasteiger partial charge in [0.05, 0.1) is 11.1 Å². The van der Waals surface area contributed by atoms with Crippen molar-refractivity contribution in [2.75, 3.05) is 0 Å². The quantitative estimate of drug-likeness (QED) is 0.157. The predicted octanol–water partition coefficient (Wildman–Crippen LogP) is 3.92. The Bertz CT molecular complexity index is 1060. The van der Waals surface area contributed by atoms with Crippen LogP contribution in [0.15, 0.2) is 82.4 Å². The van der Waals surface area contributed by atoms with Gasteiger partial charge in [-0.05, 0) is 64.5 Å². The number of nitrogens with zero attached hydrogens (tertiary/aromatic N) is 1. The summed E-state index contributed by atoms with van der Waals surface area (Å²) < 4.78 is 5.98. The van der Waals surface area contributed by atoms with Crippen LogP contribution >= 0.6 is 15.9 Å². The predicted molar refractivity (Wildman–Crippen MR) is 109 cm³/mol. The number of benzene rings is 3. The molecule has 0 fully saturated rings. The molecule has 3 rings (SSSR count). The molecule has 0 amide bonds. The van der Waals surface area contributed by atoms with E-state index in [1.807, 2.05) is 0 Å². The molecule has 3 aromatic rings. The highest BCUT2D eigenvalue weighted by atomic mass is 79.9. The summed E-state index contributed by atoms with van der Waals surface area (Å²) in [5.41, 5.74) is 0.892. The van der Waals surface area contributed by atoms with E-state index in [1.54, 1.807) is 48.5 Å². The number of aromatic hydroxyl groups is 1. The van der Waals surface area contributed by atoms with Crippen LogP contribution in [0.5, 0.6) is 11.5 Å². The third kappa shape index (κ3) is 4.10. The van der Waals surface area contributed by atoms with Crippen molar-refractivity contribution in [3.63, 3.8) is 0 Å². The molecule has 0 aliphatic rings. The molecule has 0 aliphatic heterocycles. The fourth-order valence-corrected chi connectivity index (χ4v) is 2.97. The van der Waals surface area contributed by atoms with Gasteiger partial charge in [0.25, 0.3) is 0 Å². The van der Waals surface area contributed by atoms with Crippen LogP contribution in [0.2, 0.25) is 0 Å². The molecule has 3 N–H and O–H groups in total. The first-order chi connectivity index (χ1) is 13.5. The topological polar surface area (TPSA) is 102 Å². The van der Waals surface area contributed by atoms with E-state index in [1.165, 1.54) is 24.3 Å². The van der Waals surface area contributed by atoms with Gasteiger partial charge in [0.15, 0.2) is 0 Å². The molecule has 7 heteroatoms. The van der Waals surface area contributed by atoms with Gasteiger partial charge in [-0.3, -0.25) is 4.79 Å². The van der Waals surface area contributed by atoms with Crippen LogP contribution < -0.4 is 10.6 Å². The molecule has 3 aromatic carbocycles. The van der Waals surface area contributed by atoms with Gasteiger partial charge in [-0.2, -0.15) is 5.10 Å². The molecule has 0 saturated heterocycles. The molecule has 0 bridgehead atoms. The van der Waals surface area contributed by atoms with E-state index in [2.05, 4.69) is 21.0 Å². The Morgan fingerprint density at radius 1 is 0.893 bits per heavy atom. The lowest BCUT2D eigenvalue weighted by atomic mass is 10.00. The van der Waals surface area contributed by atoms with Crippen LogP contribution in [-0.2, 0) is 0 Å². The molecule has 140 valence electrons. The highest BCUT2D eigenvalue weighted by molar-refractivity contribution is 9.10. The van der Waals surface area contributed by atoms with Crippen molar-refractivity contribution in [3.05, 3.63) is 94.0 Å². The number of carbonyl (C=O) groups is 2. The lowest BCUT2D eigenvalue weighted by molar-refractivity contribution is 0.0733. The normalized spacial score (nSPS) is 11.1. The van der Waals surface area contributed by atoms with E-state index < -0.39 is 11.8 Å². The van der Waals surface area contributed by atoms with Crippen molar-refractivity contribution in [1.82, 2.24) is 0 Å². The molecule has 6 nitrogen and oxygen atoms in total. The molecular formula is C21H15BrN2O4. The van der Waals surface area contributed by atoms with Gasteiger partial charge in [-0.1, -0.05) is 24.3 Å². The number of Topliss-reactive ketones (excluding diaryl/α,β-unsaturated/α-hetero) is 1. The zero-order chi connectivity index (χ0) is 20.1. The number of ether oxygens (including phenoxy) is 1. The Balaban J connectivity index is 1.80. The Hall–Kier alpha value is -3.45. The van der Waals surface area contributed by atoms with E-state index in [9.17, 15) is 14.7 Å². The fourth-order valence-electron chi connectivity index (χ4n) is 2.53. The molecule has 0 saturated carbocycles. The number of halogens is 1. The summed E-state index contributed by atoms with van der Waals surface area (Å²) in [6.07, 6.45) is 0. The van der Waals surface area contributed by atoms with E-state index in [0.717, 1.165) is 0 Å². The molecule has 28 heavy (non-hydrogen) atoms. The van der Waals surface area contributed by atoms with Gasteiger partial charge < -0.3 is 15.7 Å². The number of nitrogens with two attached hydrogens (primary N) is 1. The lowest BCUT2D eigenvalue weighted by Crippen LogP contribution is -2.18. The number of phenols is 1. The lowest BCUT2D eigenvalue weighted by Gasteiger charge is -2.09. The van der Waals surface area contributed by atoms with Crippen LogP contribution in [0.3, 0.4) is 0 Å². The minimum Gasteiger partial charge on any atom is -0.507 e. The first kappa shape index (κ1) is 19.3. The molecule has 0 heterocycles. The van der Waals surface area contributed by atoms with E-state index in [4.69, 9.17) is 10.6 Å². The van der Waals surface area contributed by atoms with Crippen LogP contribution in [0.1, 0.15) is 26.3 Å². The van der Waals surface area contributed by atoms with Gasteiger partial charge >= 0.3 is 5.97 Å². The summed E-state index contributed by atoms with van der Waals surface area (Å²) in [7, 11) is 0. The SMILES string of the molecule is N/N=C(/C(=O)c1ccccc1O)c1ccc(OC(=O)c2ccccc2Br)cc1. The van der Waals surface area contributed by atoms with Crippen molar-refractivity contribution in [1.29, 1.82) is 0 Å². The highest BCUT2D eigenvalue weighted by Gasteiger charge is 2.19. The van der Waals surface area contributed by atoms with E-state index in [-0.39, 0.29) is 17.0 Å². The van der Waals surface area contributed by atoms with Crippen LogP contribution in [-0.4, -0.2) is 22.6 Å². The molecule has 0 spiro atoms. The van der Waals surface area contributed by atoms with Crippen LogP contribution in [0, 0.1) is 0 Å². The highest BCUT2D eigenvalue weighted by Crippen LogP contribution is 2.22. The number of rotatable bonds is 5. The maximum Gasteiger partial charge on any atom is 0.344 e. The third-order valence-corrected chi connectivity index (χ3v) is 4.62. The zero-order valence-electron chi connectivity index (χ0n) is 14.5. The average Bonchev–Trinajstić information content (AvgIpc) is 2.70. The number of para-hydroxylation sites is 1. The van der Waals surface area contributed by atoms with Crippen molar-refractivity contribution in [2.24, 2.45) is 10.9 Å². The number of esters is 1. The molecular weight excluding hydrogens is 424 g/mol. The van der Waals surface area contributed by atoms with Crippen LogP contribution in [0.4, 0.5) is 0 Å². The standard InChI is InChI=1S/C21H15BrN2O4/c22-17-7-3-1-5-15(17)21(27)28-14-11-9-13(10-12-14)19(24-23)20(26)16-6-2-4-8-18(16)25/h1-12,25H,23H2/b24-19+. The summed E-state index contributed by atoms with van der Waals surface area (Å²) in [6.45, 7) is 0. The van der Waals surface area contributed by atoms with Gasteiger partial charge in [0.2, 0.25) is 5.78 Å². The second-order valence-electron chi connectivity index (χ2n) is 5.72. The Morgan fingerprint density at radius 2 is 1.50 bits per heavy atom. The molecule has 0 aromatic heterocycles. The van der Waals surface area contributed by atoms with Gasteiger partial charge in [-0.15, -0.1) is 0 Å². The van der Waals surface area contributed by atoms with Crippen LogP contribution in [0.25, 0.3) is 0 Å². The average molecular weight is 439 g/mol. The van der Waals surface area contributed by atoms with Crippen molar-refractivity contribution in [3.8, 4) is 11.5 Å². The maximum atomic E-state index is 12.6. The summed E-state index contributed by atoms with van der Waals surface area (Å²) in [5, 5.41) is 13.4. The first-order valence-electron chi connectivity index (χ1n) is 8.19. The summed E-state index contributed by atoms with van der Waals surface area (Å²) in [6, 6.07) is 19.2. The van der Waals surface area contributed by atoms with Crippen molar-refractivity contribution in [2.45, 2.75) is 0 Å². The minimum atomic E-state index is -0.516. The van der Waals surface area contributed by atoms with Crippen molar-refractivity contribution >= 4 is 33.4 Å². The smallest absolute Gasteiger partial charge is 0.344 e. The molecule has 0 unspecified atom stereocenters. The van der Waals surface area contributed by atoms with E-state index >= 15 is 0 Å². The number of hydrogen-bond donors (Lipinski definition) is 2. The Kier molecular flexibility index (Phi) is 5.86. The molecule has 0 atom stereocenters. The summed E-state index contributed by atoms with van der Waals surface area (Å²) in [5.74, 6) is 4.51. The summed E-state index contributed by atoms with van der Waals surface area (Å²) >= 11 is 3.31. The molecule has 0 aliphatic carbocycles. The Labute approximate surface area is 169 Å². The number of hydrazone groups is 1. The number of carbonyl (C=O) groups excluding carboxylic acids is 2. The fraction of sp³-hybridized carbons (Fsp3) is 0. The van der Waals surface area contributed by atoms with Gasteiger partial charge in [-0.25, -0.2) is 4.79 Å².